The average molecular weight is 718 g/mol. The molecule has 10 aromatic rings. The monoisotopic (exact) mass is 717 g/mol. The molecule has 0 spiro atoms. The number of benzene rings is 8. The zero-order valence-electron chi connectivity index (χ0n) is 30.7. The van der Waals surface area contributed by atoms with Gasteiger partial charge in [0.05, 0.1) is 5.56 Å². The first-order chi connectivity index (χ1) is 27.6. The largest absolute Gasteiger partial charge is 0.455 e. The van der Waals surface area contributed by atoms with Crippen molar-refractivity contribution in [1.82, 2.24) is 15.0 Å². The number of rotatable bonds is 7. The molecule has 0 saturated carbocycles. The number of furan rings is 1. The first kappa shape index (κ1) is 33.2. The molecule has 8 aromatic carbocycles. The van der Waals surface area contributed by atoms with E-state index in [1.54, 1.807) is 0 Å². The predicted molar refractivity (Wildman–Crippen MR) is 230 cm³/mol. The highest BCUT2D eigenvalue weighted by Gasteiger charge is 2.20. The fourth-order valence-electron chi connectivity index (χ4n) is 7.58. The third kappa shape index (κ3) is 6.23. The lowest BCUT2D eigenvalue weighted by Crippen LogP contribution is -2.00. The summed E-state index contributed by atoms with van der Waals surface area (Å²) in [7, 11) is 0. The number of hydrogen-bond donors (Lipinski definition) is 0. The number of hydrogen-bond acceptors (Lipinski definition) is 4. The van der Waals surface area contributed by atoms with Crippen molar-refractivity contribution in [3.63, 3.8) is 0 Å². The molecule has 56 heavy (non-hydrogen) atoms. The summed E-state index contributed by atoms with van der Waals surface area (Å²) in [6.07, 6.45) is 0. The molecule has 0 radical (unpaired) electrons. The van der Waals surface area contributed by atoms with Gasteiger partial charge in [-0.05, 0) is 64.1 Å². The van der Waals surface area contributed by atoms with Crippen molar-refractivity contribution in [2.24, 2.45) is 0 Å². The molecule has 0 aliphatic heterocycles. The minimum Gasteiger partial charge on any atom is -0.455 e. The molecule has 2 heterocycles. The van der Waals surface area contributed by atoms with Gasteiger partial charge in [0.2, 0.25) is 0 Å². The van der Waals surface area contributed by atoms with Crippen LogP contribution in [0.2, 0.25) is 0 Å². The molecule has 0 atom stereocenters. The summed E-state index contributed by atoms with van der Waals surface area (Å²) in [5.74, 6) is 1.74. The Bertz CT molecular complexity index is 3020. The van der Waals surface area contributed by atoms with Gasteiger partial charge >= 0.3 is 0 Å². The maximum atomic E-state index is 6.89. The lowest BCUT2D eigenvalue weighted by Gasteiger charge is -2.11. The van der Waals surface area contributed by atoms with Crippen LogP contribution in [0, 0.1) is 6.92 Å². The second kappa shape index (κ2) is 14.1. The second-order valence-electron chi connectivity index (χ2n) is 14.1. The minimum absolute atomic E-state index is 0.550. The van der Waals surface area contributed by atoms with E-state index in [4.69, 9.17) is 19.4 Å². The van der Waals surface area contributed by atoms with Crippen molar-refractivity contribution < 1.29 is 4.42 Å². The molecule has 10 rings (SSSR count). The van der Waals surface area contributed by atoms with E-state index >= 15 is 0 Å². The van der Waals surface area contributed by atoms with E-state index in [2.05, 4.69) is 183 Å². The SMILES string of the molecule is Cc1cccc(-c2cccc(-c3nc(-c4cccc(-c5ccccc5)c4)nc(-c4cccc5c4oc4c(-c6ccc(-c7ccccc7)cc6)cccc45)n3)c2)c1. The summed E-state index contributed by atoms with van der Waals surface area (Å²) in [4.78, 5) is 15.5. The van der Waals surface area contributed by atoms with E-state index in [-0.39, 0.29) is 0 Å². The summed E-state index contributed by atoms with van der Waals surface area (Å²) in [6, 6.07) is 67.5. The third-order valence-electron chi connectivity index (χ3n) is 10.4. The third-order valence-corrected chi connectivity index (χ3v) is 10.4. The van der Waals surface area contributed by atoms with Gasteiger partial charge in [-0.15, -0.1) is 0 Å². The molecule has 0 bridgehead atoms. The van der Waals surface area contributed by atoms with Crippen molar-refractivity contribution in [1.29, 1.82) is 0 Å². The zero-order chi connectivity index (χ0) is 37.4. The summed E-state index contributed by atoms with van der Waals surface area (Å²) < 4.78 is 6.89. The van der Waals surface area contributed by atoms with E-state index in [1.807, 2.05) is 18.2 Å². The summed E-state index contributed by atoms with van der Waals surface area (Å²) in [6.45, 7) is 2.12. The van der Waals surface area contributed by atoms with Gasteiger partial charge in [0, 0.05) is 27.5 Å². The molecule has 0 unspecified atom stereocenters. The molecule has 0 saturated heterocycles. The first-order valence-corrected chi connectivity index (χ1v) is 18.8. The highest BCUT2D eigenvalue weighted by molar-refractivity contribution is 6.12. The molecular weight excluding hydrogens is 683 g/mol. The molecule has 264 valence electrons. The topological polar surface area (TPSA) is 51.8 Å². The number of aromatic nitrogens is 3. The van der Waals surface area contributed by atoms with Crippen molar-refractivity contribution in [2.45, 2.75) is 6.92 Å². The fourth-order valence-corrected chi connectivity index (χ4v) is 7.58. The summed E-state index contributed by atoms with van der Waals surface area (Å²) >= 11 is 0. The Morgan fingerprint density at radius 1 is 0.304 bits per heavy atom. The van der Waals surface area contributed by atoms with Gasteiger partial charge in [0.25, 0.3) is 0 Å². The van der Waals surface area contributed by atoms with E-state index in [1.165, 1.54) is 16.7 Å². The van der Waals surface area contributed by atoms with E-state index in [0.29, 0.717) is 17.5 Å². The zero-order valence-corrected chi connectivity index (χ0v) is 30.7. The molecule has 4 nitrogen and oxygen atoms in total. The van der Waals surface area contributed by atoms with Crippen LogP contribution in [-0.2, 0) is 0 Å². The van der Waals surface area contributed by atoms with Crippen LogP contribution >= 0.6 is 0 Å². The van der Waals surface area contributed by atoms with Gasteiger partial charge in [0.15, 0.2) is 17.5 Å². The van der Waals surface area contributed by atoms with Crippen LogP contribution in [0.15, 0.2) is 199 Å². The van der Waals surface area contributed by atoms with Gasteiger partial charge in [-0.1, -0.05) is 181 Å². The Labute approximate surface area is 325 Å². The number of para-hydroxylation sites is 2. The van der Waals surface area contributed by atoms with Gasteiger partial charge in [-0.25, -0.2) is 15.0 Å². The lowest BCUT2D eigenvalue weighted by atomic mass is 9.98. The van der Waals surface area contributed by atoms with Crippen LogP contribution in [0.1, 0.15) is 5.56 Å². The van der Waals surface area contributed by atoms with Gasteiger partial charge in [-0.3, -0.25) is 0 Å². The predicted octanol–water partition coefficient (Wildman–Crippen LogP) is 13.7. The number of nitrogens with zero attached hydrogens (tertiary/aromatic N) is 3. The van der Waals surface area contributed by atoms with Gasteiger partial charge in [0.1, 0.15) is 11.2 Å². The Hall–Kier alpha value is -7.43. The van der Waals surface area contributed by atoms with E-state index in [0.717, 1.165) is 72.0 Å². The lowest BCUT2D eigenvalue weighted by molar-refractivity contribution is 0.670. The van der Waals surface area contributed by atoms with Crippen LogP contribution < -0.4 is 0 Å². The smallest absolute Gasteiger partial charge is 0.167 e. The summed E-state index contributed by atoms with van der Waals surface area (Å²) in [5.41, 5.74) is 14.4. The Morgan fingerprint density at radius 2 is 0.714 bits per heavy atom. The van der Waals surface area contributed by atoms with Crippen molar-refractivity contribution in [3.05, 3.63) is 200 Å². The quantitative estimate of drug-likeness (QED) is 0.165. The fraction of sp³-hybridized carbons (Fsp3) is 0.0192. The number of fused-ring (bicyclic) bond motifs is 3. The maximum absolute atomic E-state index is 6.89. The van der Waals surface area contributed by atoms with Crippen LogP contribution in [-0.4, -0.2) is 15.0 Å². The highest BCUT2D eigenvalue weighted by Crippen LogP contribution is 2.40. The molecule has 0 N–H and O–H groups in total. The van der Waals surface area contributed by atoms with Crippen LogP contribution in [0.4, 0.5) is 0 Å². The van der Waals surface area contributed by atoms with Crippen molar-refractivity contribution in [3.8, 4) is 78.7 Å². The highest BCUT2D eigenvalue weighted by atomic mass is 16.3. The summed E-state index contributed by atoms with van der Waals surface area (Å²) in [5, 5.41) is 2.05. The molecule has 2 aromatic heterocycles. The average Bonchev–Trinajstić information content (AvgIpc) is 3.66. The second-order valence-corrected chi connectivity index (χ2v) is 14.1. The molecule has 0 aliphatic carbocycles. The first-order valence-electron chi connectivity index (χ1n) is 18.8. The van der Waals surface area contributed by atoms with Crippen LogP contribution in [0.3, 0.4) is 0 Å². The van der Waals surface area contributed by atoms with Gasteiger partial charge in [-0.2, -0.15) is 0 Å². The minimum atomic E-state index is 0.550. The van der Waals surface area contributed by atoms with Crippen LogP contribution in [0.25, 0.3) is 101 Å². The Morgan fingerprint density at radius 3 is 1.32 bits per heavy atom. The molecule has 4 heteroatoms. The molecular formula is C52H35N3O. The van der Waals surface area contributed by atoms with Crippen molar-refractivity contribution in [2.75, 3.05) is 0 Å². The van der Waals surface area contributed by atoms with E-state index in [9.17, 15) is 0 Å². The van der Waals surface area contributed by atoms with Gasteiger partial charge < -0.3 is 4.42 Å². The normalized spacial score (nSPS) is 11.3. The van der Waals surface area contributed by atoms with E-state index < -0.39 is 0 Å². The standard InChI is InChI=1S/C52H35N3O/c1-34-13-8-18-39(31-34)41-20-10-22-43(33-41)51-53-50(42-21-9-19-40(32-42)36-16-6-3-7-17-36)54-52(55-51)47-26-12-25-46-45-24-11-23-44(48(45)56-49(46)47)38-29-27-37(28-30-38)35-14-4-2-5-15-35/h2-33H,1H3. The molecule has 0 amide bonds. The van der Waals surface area contributed by atoms with Crippen molar-refractivity contribution >= 4 is 21.9 Å². The Balaban J connectivity index is 1.13. The number of aryl methyl sites for hydroxylation is 1. The Kier molecular flexibility index (Phi) is 8.34. The molecule has 0 fully saturated rings. The van der Waals surface area contributed by atoms with Crippen LogP contribution in [0.5, 0.6) is 0 Å². The maximum Gasteiger partial charge on any atom is 0.167 e. The molecule has 0 aliphatic rings.